The molecule has 2 heterocycles. The van der Waals surface area contributed by atoms with Gasteiger partial charge in [-0.2, -0.15) is 0 Å². The Labute approximate surface area is 151 Å². The van der Waals surface area contributed by atoms with E-state index in [1.807, 2.05) is 18.2 Å². The molecule has 5 heteroatoms. The van der Waals surface area contributed by atoms with Crippen LogP contribution in [-0.2, 0) is 6.42 Å². The zero-order valence-corrected chi connectivity index (χ0v) is 14.3. The summed E-state index contributed by atoms with van der Waals surface area (Å²) in [6.45, 7) is 2.11. The summed E-state index contributed by atoms with van der Waals surface area (Å²) in [5.74, 6) is -0.0922. The molecular formula is C21H18FN3O. The number of hydrogen-bond donors (Lipinski definition) is 1. The van der Waals surface area contributed by atoms with E-state index in [-0.39, 0.29) is 11.9 Å². The number of carbonyl (C=O) groups is 1. The molecule has 4 nitrogen and oxygen atoms in total. The standard InChI is InChI=1S/C21H18FN3O/c1-14-12-15-6-2-3-10-19(15)25(14)20-18(9-5-11-23-20)21(26)24-17-8-4-7-16(22)13-17/h2-11,13-14H,12H2,1H3,(H,24,26). The van der Waals surface area contributed by atoms with Crippen LogP contribution in [0.1, 0.15) is 22.8 Å². The number of aromatic nitrogens is 1. The second kappa shape index (κ2) is 6.59. The number of nitrogens with zero attached hydrogens (tertiary/aromatic N) is 2. The van der Waals surface area contributed by atoms with E-state index >= 15 is 0 Å². The Morgan fingerprint density at radius 3 is 2.85 bits per heavy atom. The number of pyridine rings is 1. The summed E-state index contributed by atoms with van der Waals surface area (Å²) in [6.07, 6.45) is 2.58. The molecule has 2 aromatic carbocycles. The van der Waals surface area contributed by atoms with Crippen molar-refractivity contribution in [3.63, 3.8) is 0 Å². The molecule has 130 valence electrons. The Hall–Kier alpha value is -3.21. The van der Waals surface area contributed by atoms with Gasteiger partial charge in [0.05, 0.1) is 5.56 Å². The monoisotopic (exact) mass is 347 g/mol. The van der Waals surface area contributed by atoms with Crippen molar-refractivity contribution in [1.29, 1.82) is 0 Å². The third kappa shape index (κ3) is 2.92. The van der Waals surface area contributed by atoms with Gasteiger partial charge in [-0.25, -0.2) is 9.37 Å². The summed E-state index contributed by atoms with van der Waals surface area (Å²) >= 11 is 0. The minimum absolute atomic E-state index is 0.197. The fourth-order valence-corrected chi connectivity index (χ4v) is 3.42. The lowest BCUT2D eigenvalue weighted by Crippen LogP contribution is -2.27. The van der Waals surface area contributed by atoms with Crippen LogP contribution in [0.3, 0.4) is 0 Å². The lowest BCUT2D eigenvalue weighted by Gasteiger charge is -2.25. The third-order valence-corrected chi connectivity index (χ3v) is 4.55. The summed E-state index contributed by atoms with van der Waals surface area (Å²) in [6, 6.07) is 17.7. The number of anilines is 3. The molecule has 4 rings (SSSR count). The average molecular weight is 347 g/mol. The number of halogens is 1. The number of rotatable bonds is 3. The maximum Gasteiger partial charge on any atom is 0.259 e. The molecule has 3 aromatic rings. The Morgan fingerprint density at radius 2 is 2.00 bits per heavy atom. The van der Waals surface area contributed by atoms with E-state index in [0.717, 1.165) is 12.1 Å². The summed E-state index contributed by atoms with van der Waals surface area (Å²) < 4.78 is 13.4. The lowest BCUT2D eigenvalue weighted by molar-refractivity contribution is 0.102. The predicted octanol–water partition coefficient (Wildman–Crippen LogP) is 4.56. The third-order valence-electron chi connectivity index (χ3n) is 4.55. The maximum absolute atomic E-state index is 13.4. The Bertz CT molecular complexity index is 973. The van der Waals surface area contributed by atoms with Gasteiger partial charge in [0.15, 0.2) is 0 Å². The first-order chi connectivity index (χ1) is 12.6. The minimum Gasteiger partial charge on any atom is -0.322 e. The van der Waals surface area contributed by atoms with Gasteiger partial charge in [-0.1, -0.05) is 24.3 Å². The zero-order chi connectivity index (χ0) is 18.1. The van der Waals surface area contributed by atoms with Crippen LogP contribution in [0.4, 0.5) is 21.6 Å². The van der Waals surface area contributed by atoms with Crippen molar-refractivity contribution < 1.29 is 9.18 Å². The fraction of sp³-hybridized carbons (Fsp3) is 0.143. The minimum atomic E-state index is -0.392. The molecule has 0 fully saturated rings. The number of carbonyl (C=O) groups excluding carboxylic acids is 1. The molecule has 1 N–H and O–H groups in total. The van der Waals surface area contributed by atoms with Gasteiger partial charge in [0.1, 0.15) is 11.6 Å². The van der Waals surface area contributed by atoms with Crippen molar-refractivity contribution in [2.24, 2.45) is 0 Å². The van der Waals surface area contributed by atoms with Gasteiger partial charge in [-0.15, -0.1) is 0 Å². The van der Waals surface area contributed by atoms with Gasteiger partial charge in [-0.05, 0) is 55.3 Å². The van der Waals surface area contributed by atoms with E-state index in [1.165, 1.54) is 17.7 Å². The van der Waals surface area contributed by atoms with Crippen molar-refractivity contribution >= 4 is 23.1 Å². The number of amides is 1. The van der Waals surface area contributed by atoms with Crippen LogP contribution in [0, 0.1) is 5.82 Å². The summed E-state index contributed by atoms with van der Waals surface area (Å²) in [5.41, 5.74) is 3.18. The molecule has 1 aliphatic heterocycles. The van der Waals surface area contributed by atoms with Gasteiger partial charge < -0.3 is 10.2 Å². The highest BCUT2D eigenvalue weighted by Crippen LogP contribution is 2.38. The number of para-hydroxylation sites is 1. The van der Waals surface area contributed by atoms with Crippen LogP contribution >= 0.6 is 0 Å². The number of fused-ring (bicyclic) bond motifs is 1. The topological polar surface area (TPSA) is 45.2 Å². The highest BCUT2D eigenvalue weighted by molar-refractivity contribution is 6.08. The molecule has 1 amide bonds. The number of hydrogen-bond acceptors (Lipinski definition) is 3. The number of benzene rings is 2. The molecular weight excluding hydrogens is 329 g/mol. The van der Waals surface area contributed by atoms with E-state index in [1.54, 1.807) is 30.5 Å². The van der Waals surface area contributed by atoms with Crippen LogP contribution in [0.5, 0.6) is 0 Å². The van der Waals surface area contributed by atoms with E-state index in [2.05, 4.69) is 28.2 Å². The van der Waals surface area contributed by atoms with Gasteiger partial charge in [0.2, 0.25) is 0 Å². The summed E-state index contributed by atoms with van der Waals surface area (Å²) in [5, 5.41) is 2.76. The van der Waals surface area contributed by atoms with E-state index in [0.29, 0.717) is 17.1 Å². The van der Waals surface area contributed by atoms with Gasteiger partial charge in [0, 0.05) is 23.6 Å². The molecule has 1 atom stereocenters. The molecule has 0 spiro atoms. The van der Waals surface area contributed by atoms with Gasteiger partial charge in [0.25, 0.3) is 5.91 Å². The van der Waals surface area contributed by atoms with Crippen molar-refractivity contribution in [2.75, 3.05) is 10.2 Å². The predicted molar refractivity (Wildman–Crippen MR) is 100 cm³/mol. The first kappa shape index (κ1) is 16.3. The first-order valence-corrected chi connectivity index (χ1v) is 8.52. The Morgan fingerprint density at radius 1 is 1.15 bits per heavy atom. The second-order valence-electron chi connectivity index (χ2n) is 6.39. The molecule has 0 saturated carbocycles. The van der Waals surface area contributed by atoms with Crippen molar-refractivity contribution in [3.05, 3.63) is 83.8 Å². The molecule has 0 aliphatic carbocycles. The maximum atomic E-state index is 13.4. The number of nitrogens with one attached hydrogen (secondary N) is 1. The average Bonchev–Trinajstić information content (AvgIpc) is 2.97. The second-order valence-corrected chi connectivity index (χ2v) is 6.39. The summed E-state index contributed by atoms with van der Waals surface area (Å²) in [7, 11) is 0. The molecule has 0 bridgehead atoms. The molecule has 1 unspecified atom stereocenters. The first-order valence-electron chi connectivity index (χ1n) is 8.52. The SMILES string of the molecule is CC1Cc2ccccc2N1c1ncccc1C(=O)Nc1cccc(F)c1. The lowest BCUT2D eigenvalue weighted by atomic mass is 10.1. The van der Waals surface area contributed by atoms with Crippen molar-refractivity contribution in [3.8, 4) is 0 Å². The Kier molecular flexibility index (Phi) is 4.13. The van der Waals surface area contributed by atoms with Crippen LogP contribution < -0.4 is 10.2 Å². The van der Waals surface area contributed by atoms with Crippen LogP contribution in [0.2, 0.25) is 0 Å². The fourth-order valence-electron chi connectivity index (χ4n) is 3.42. The quantitative estimate of drug-likeness (QED) is 0.756. The van der Waals surface area contributed by atoms with Crippen LogP contribution in [0.25, 0.3) is 0 Å². The van der Waals surface area contributed by atoms with Crippen LogP contribution in [0.15, 0.2) is 66.9 Å². The van der Waals surface area contributed by atoms with E-state index in [4.69, 9.17) is 0 Å². The van der Waals surface area contributed by atoms with Gasteiger partial charge >= 0.3 is 0 Å². The van der Waals surface area contributed by atoms with E-state index in [9.17, 15) is 9.18 Å². The summed E-state index contributed by atoms with van der Waals surface area (Å²) in [4.78, 5) is 19.4. The molecule has 0 saturated heterocycles. The molecule has 1 aliphatic rings. The smallest absolute Gasteiger partial charge is 0.259 e. The Balaban J connectivity index is 1.70. The largest absolute Gasteiger partial charge is 0.322 e. The zero-order valence-electron chi connectivity index (χ0n) is 14.3. The van der Waals surface area contributed by atoms with Crippen LogP contribution in [-0.4, -0.2) is 16.9 Å². The highest BCUT2D eigenvalue weighted by Gasteiger charge is 2.30. The normalized spacial score (nSPS) is 15.6. The highest BCUT2D eigenvalue weighted by atomic mass is 19.1. The van der Waals surface area contributed by atoms with E-state index < -0.39 is 5.82 Å². The molecule has 0 radical (unpaired) electrons. The van der Waals surface area contributed by atoms with Gasteiger partial charge in [-0.3, -0.25) is 4.79 Å². The van der Waals surface area contributed by atoms with Crippen molar-refractivity contribution in [2.45, 2.75) is 19.4 Å². The van der Waals surface area contributed by atoms with Crippen molar-refractivity contribution in [1.82, 2.24) is 4.98 Å². The molecule has 1 aromatic heterocycles. The molecule has 26 heavy (non-hydrogen) atoms.